The quantitative estimate of drug-likeness (QED) is 0.633. The number of likely N-dealkylation sites (N-methyl/N-ethyl adjacent to an activating group) is 1. The summed E-state index contributed by atoms with van der Waals surface area (Å²) >= 11 is 0. The summed E-state index contributed by atoms with van der Waals surface area (Å²) in [5.41, 5.74) is 0.565. The summed E-state index contributed by atoms with van der Waals surface area (Å²) in [6.45, 7) is 11.0. The Morgan fingerprint density at radius 3 is 2.30 bits per heavy atom. The molecule has 23 heavy (non-hydrogen) atoms. The van der Waals surface area contributed by atoms with E-state index in [2.05, 4.69) is 20.8 Å². The Kier molecular flexibility index (Phi) is 7.29. The number of amides is 1. The molecule has 0 saturated carbocycles. The first kappa shape index (κ1) is 20.2. The molecule has 1 aliphatic heterocycles. The molecular weight excluding hydrogens is 310 g/mol. The molecule has 1 rings (SSSR count). The second-order valence-electron chi connectivity index (χ2n) is 6.78. The molecule has 1 amide bonds. The first-order chi connectivity index (χ1) is 10.7. The maximum atomic E-state index is 12.3. The Labute approximate surface area is 142 Å². The van der Waals surface area contributed by atoms with E-state index < -0.39 is 14.1 Å². The van der Waals surface area contributed by atoms with Gasteiger partial charge in [0.25, 0.3) is 5.91 Å². The Hall–Kier alpha value is -0.853. The van der Waals surface area contributed by atoms with Gasteiger partial charge in [0.05, 0.1) is 17.9 Å². The van der Waals surface area contributed by atoms with Crippen molar-refractivity contribution in [1.29, 1.82) is 0 Å². The van der Waals surface area contributed by atoms with Crippen molar-refractivity contribution in [2.24, 2.45) is 0 Å². The average Bonchev–Trinajstić information content (AvgIpc) is 2.51. The molecule has 0 fully saturated rings. The van der Waals surface area contributed by atoms with Crippen LogP contribution in [0.15, 0.2) is 11.8 Å². The van der Waals surface area contributed by atoms with Gasteiger partial charge >= 0.3 is 0 Å². The van der Waals surface area contributed by atoms with Crippen LogP contribution in [0.4, 0.5) is 0 Å². The van der Waals surface area contributed by atoms with Crippen LogP contribution in [0.1, 0.15) is 41.0 Å². The number of nitrogens with zero attached hydrogens (tertiary/aromatic N) is 1. The summed E-state index contributed by atoms with van der Waals surface area (Å²) in [6, 6.07) is 3.37. The Morgan fingerprint density at radius 2 is 1.83 bits per heavy atom. The number of hydrogen-bond acceptors (Lipinski definition) is 4. The highest BCUT2D eigenvalue weighted by Crippen LogP contribution is 2.29. The lowest BCUT2D eigenvalue weighted by atomic mass is 10.1. The number of hydrogen-bond donors (Lipinski definition) is 0. The Bertz CT molecular complexity index is 422. The van der Waals surface area contributed by atoms with Gasteiger partial charge < -0.3 is 18.8 Å². The SMILES string of the molecule is CC[Si](CC)(CC)OCC[C@@H]1OC(C)(C)OC=C1C(=O)N(C)C. The molecular formula is C17H33NO4Si. The second kappa shape index (κ2) is 8.31. The molecule has 6 heteroatoms. The van der Waals surface area contributed by atoms with Crippen molar-refractivity contribution in [3.63, 3.8) is 0 Å². The van der Waals surface area contributed by atoms with Crippen molar-refractivity contribution < 1.29 is 18.7 Å². The maximum absolute atomic E-state index is 12.3. The molecule has 134 valence electrons. The van der Waals surface area contributed by atoms with Gasteiger partial charge in [0, 0.05) is 41.0 Å². The van der Waals surface area contributed by atoms with Crippen molar-refractivity contribution >= 4 is 14.2 Å². The maximum Gasteiger partial charge on any atom is 0.255 e. The van der Waals surface area contributed by atoms with Crippen LogP contribution in [0.25, 0.3) is 0 Å². The van der Waals surface area contributed by atoms with E-state index in [0.29, 0.717) is 18.6 Å². The van der Waals surface area contributed by atoms with Crippen molar-refractivity contribution in [2.75, 3.05) is 20.7 Å². The van der Waals surface area contributed by atoms with Gasteiger partial charge in [0.15, 0.2) is 8.32 Å². The van der Waals surface area contributed by atoms with Gasteiger partial charge in [0.1, 0.15) is 0 Å². The average molecular weight is 344 g/mol. The van der Waals surface area contributed by atoms with Crippen molar-refractivity contribution in [1.82, 2.24) is 4.90 Å². The Balaban J connectivity index is 2.76. The van der Waals surface area contributed by atoms with E-state index in [0.717, 1.165) is 18.1 Å². The minimum atomic E-state index is -1.61. The summed E-state index contributed by atoms with van der Waals surface area (Å²) in [5, 5.41) is 0. The third-order valence-electron chi connectivity index (χ3n) is 4.62. The van der Waals surface area contributed by atoms with E-state index in [9.17, 15) is 4.79 Å². The molecule has 0 aromatic heterocycles. The van der Waals surface area contributed by atoms with Crippen LogP contribution < -0.4 is 0 Å². The fraction of sp³-hybridized carbons (Fsp3) is 0.824. The predicted octanol–water partition coefficient (Wildman–Crippen LogP) is 3.52. The molecule has 0 saturated heterocycles. The molecule has 0 radical (unpaired) electrons. The van der Waals surface area contributed by atoms with E-state index in [1.165, 1.54) is 0 Å². The third-order valence-corrected chi connectivity index (χ3v) is 9.30. The zero-order valence-electron chi connectivity index (χ0n) is 15.8. The number of carbonyl (C=O) groups is 1. The number of carbonyl (C=O) groups excluding carboxylic acids is 1. The summed E-state index contributed by atoms with van der Waals surface area (Å²) in [7, 11) is 1.86. The van der Waals surface area contributed by atoms with Crippen LogP contribution >= 0.6 is 0 Å². The second-order valence-corrected chi connectivity index (χ2v) is 11.6. The van der Waals surface area contributed by atoms with Crippen LogP contribution in [0, 0.1) is 0 Å². The predicted molar refractivity (Wildman–Crippen MR) is 94.6 cm³/mol. The largest absolute Gasteiger partial charge is 0.470 e. The van der Waals surface area contributed by atoms with E-state index in [1.807, 2.05) is 13.8 Å². The van der Waals surface area contributed by atoms with Crippen molar-refractivity contribution in [3.8, 4) is 0 Å². The summed E-state index contributed by atoms with van der Waals surface area (Å²) in [6.07, 6.45) is 1.94. The zero-order valence-corrected chi connectivity index (χ0v) is 16.8. The van der Waals surface area contributed by atoms with Crippen LogP contribution in [0.3, 0.4) is 0 Å². The molecule has 0 aromatic carbocycles. The molecule has 0 spiro atoms. The molecule has 1 aliphatic rings. The lowest BCUT2D eigenvalue weighted by molar-refractivity contribution is -0.219. The summed E-state index contributed by atoms with van der Waals surface area (Å²) < 4.78 is 17.8. The minimum absolute atomic E-state index is 0.0736. The van der Waals surface area contributed by atoms with Gasteiger partial charge in [-0.15, -0.1) is 0 Å². The Morgan fingerprint density at radius 1 is 1.26 bits per heavy atom. The monoisotopic (exact) mass is 343 g/mol. The highest BCUT2D eigenvalue weighted by molar-refractivity contribution is 6.73. The van der Waals surface area contributed by atoms with E-state index in [1.54, 1.807) is 25.3 Å². The molecule has 5 nitrogen and oxygen atoms in total. The topological polar surface area (TPSA) is 48.0 Å². The first-order valence-electron chi connectivity index (χ1n) is 8.61. The molecule has 0 N–H and O–H groups in total. The first-order valence-corrected chi connectivity index (χ1v) is 11.1. The summed E-state index contributed by atoms with van der Waals surface area (Å²) in [4.78, 5) is 13.9. The standard InChI is InChI=1S/C17H33NO4Si/c1-8-23(9-2,10-3)21-12-11-15-14(16(19)18(6)7)13-20-17(4,5)22-15/h13,15H,8-12H2,1-7H3/t15-/m0/s1. The third kappa shape index (κ3) is 5.33. The van der Waals surface area contributed by atoms with Crippen molar-refractivity contribution in [3.05, 3.63) is 11.8 Å². The van der Waals surface area contributed by atoms with Gasteiger partial charge in [-0.05, 0) is 18.1 Å². The van der Waals surface area contributed by atoms with E-state index in [-0.39, 0.29) is 12.0 Å². The van der Waals surface area contributed by atoms with Gasteiger partial charge in [-0.2, -0.15) is 0 Å². The zero-order chi connectivity index (χ0) is 17.7. The lowest BCUT2D eigenvalue weighted by Gasteiger charge is -2.37. The molecule has 0 aliphatic carbocycles. The fourth-order valence-corrected chi connectivity index (χ4v) is 5.48. The van der Waals surface area contributed by atoms with Crippen LogP contribution in [-0.4, -0.2) is 51.7 Å². The molecule has 1 atom stereocenters. The van der Waals surface area contributed by atoms with Crippen LogP contribution in [0.5, 0.6) is 0 Å². The van der Waals surface area contributed by atoms with E-state index >= 15 is 0 Å². The highest BCUT2D eigenvalue weighted by atomic mass is 28.4. The lowest BCUT2D eigenvalue weighted by Crippen LogP contribution is -2.43. The van der Waals surface area contributed by atoms with E-state index in [4.69, 9.17) is 13.9 Å². The molecule has 0 bridgehead atoms. The van der Waals surface area contributed by atoms with Gasteiger partial charge in [-0.3, -0.25) is 4.79 Å². The van der Waals surface area contributed by atoms with Gasteiger partial charge in [-0.1, -0.05) is 20.8 Å². The number of ether oxygens (including phenoxy) is 2. The molecule has 0 unspecified atom stereocenters. The molecule has 0 aromatic rings. The van der Waals surface area contributed by atoms with Crippen molar-refractivity contribution in [2.45, 2.75) is 71.1 Å². The van der Waals surface area contributed by atoms with Gasteiger partial charge in [-0.25, -0.2) is 0 Å². The van der Waals surface area contributed by atoms with Crippen LogP contribution in [-0.2, 0) is 18.7 Å². The highest BCUT2D eigenvalue weighted by Gasteiger charge is 2.36. The minimum Gasteiger partial charge on any atom is -0.470 e. The summed E-state index contributed by atoms with van der Waals surface area (Å²) in [5.74, 6) is -0.786. The smallest absolute Gasteiger partial charge is 0.255 e. The number of rotatable bonds is 8. The normalized spacial score (nSPS) is 20.7. The molecule has 1 heterocycles. The van der Waals surface area contributed by atoms with Gasteiger partial charge in [0.2, 0.25) is 5.79 Å². The fourth-order valence-electron chi connectivity index (χ4n) is 2.81. The van der Waals surface area contributed by atoms with Crippen LogP contribution in [0.2, 0.25) is 18.1 Å².